The molecule has 27 heavy (non-hydrogen) atoms. The number of nitriles is 1. The minimum Gasteiger partial charge on any atom is -0.454 e. The molecule has 0 aliphatic carbocycles. The average molecular weight is 429 g/mol. The quantitative estimate of drug-likeness (QED) is 0.445. The van der Waals surface area contributed by atoms with E-state index < -0.39 is 18.5 Å². The number of carbonyl (C=O) groups excluding carboxylic acids is 2. The van der Waals surface area contributed by atoms with E-state index in [9.17, 15) is 14.9 Å². The molecule has 1 aliphatic rings. The van der Waals surface area contributed by atoms with Crippen molar-refractivity contribution in [3.63, 3.8) is 0 Å². The Labute approximate surface area is 163 Å². The Morgan fingerprint density at radius 1 is 1.19 bits per heavy atom. The number of ether oxygens (including phenoxy) is 3. The van der Waals surface area contributed by atoms with Crippen LogP contribution in [0.25, 0.3) is 6.08 Å². The Kier molecular flexibility index (Phi) is 5.74. The van der Waals surface area contributed by atoms with Crippen LogP contribution in [0.15, 0.2) is 52.5 Å². The van der Waals surface area contributed by atoms with E-state index in [2.05, 4.69) is 21.2 Å². The lowest BCUT2D eigenvalue weighted by atomic mass is 10.1. The normalized spacial score (nSPS) is 12.2. The summed E-state index contributed by atoms with van der Waals surface area (Å²) in [5, 5.41) is 11.8. The van der Waals surface area contributed by atoms with Crippen LogP contribution in [0.1, 0.15) is 5.56 Å². The number of nitrogens with one attached hydrogen (secondary N) is 1. The van der Waals surface area contributed by atoms with Crippen molar-refractivity contribution < 1.29 is 23.8 Å². The molecule has 0 spiro atoms. The molecule has 1 N–H and O–H groups in total. The monoisotopic (exact) mass is 428 g/mol. The first-order chi connectivity index (χ1) is 13.0. The molecule has 2 aromatic carbocycles. The third kappa shape index (κ3) is 4.86. The Morgan fingerprint density at radius 3 is 2.67 bits per heavy atom. The molecule has 0 saturated carbocycles. The molecular formula is C19H13BrN2O5. The van der Waals surface area contributed by atoms with Crippen molar-refractivity contribution in [3.05, 3.63) is 58.1 Å². The lowest BCUT2D eigenvalue weighted by molar-refractivity contribution is -0.142. The molecule has 0 radical (unpaired) electrons. The van der Waals surface area contributed by atoms with Crippen molar-refractivity contribution in [1.29, 1.82) is 5.26 Å². The number of carbonyl (C=O) groups is 2. The van der Waals surface area contributed by atoms with E-state index in [1.165, 1.54) is 6.08 Å². The maximum atomic E-state index is 12.1. The van der Waals surface area contributed by atoms with Gasteiger partial charge in [-0.05, 0) is 48.0 Å². The first-order valence-electron chi connectivity index (χ1n) is 7.79. The summed E-state index contributed by atoms with van der Waals surface area (Å²) in [7, 11) is 0. The molecule has 0 bridgehead atoms. The van der Waals surface area contributed by atoms with Gasteiger partial charge in [0.05, 0.1) is 0 Å². The molecule has 136 valence electrons. The highest BCUT2D eigenvalue weighted by molar-refractivity contribution is 9.10. The van der Waals surface area contributed by atoms with Gasteiger partial charge in [0.1, 0.15) is 11.6 Å². The number of esters is 1. The second-order valence-electron chi connectivity index (χ2n) is 5.41. The number of hydrogen-bond donors (Lipinski definition) is 1. The zero-order valence-electron chi connectivity index (χ0n) is 13.9. The number of hydrogen-bond acceptors (Lipinski definition) is 6. The third-order valence-electron chi connectivity index (χ3n) is 3.51. The summed E-state index contributed by atoms with van der Waals surface area (Å²) in [4.78, 5) is 23.9. The van der Waals surface area contributed by atoms with Gasteiger partial charge in [-0.3, -0.25) is 4.79 Å². The lowest BCUT2D eigenvalue weighted by Crippen LogP contribution is -2.21. The zero-order valence-corrected chi connectivity index (χ0v) is 15.5. The smallest absolute Gasteiger partial charge is 0.349 e. The minimum absolute atomic E-state index is 0.128. The van der Waals surface area contributed by atoms with E-state index in [0.717, 1.165) is 4.47 Å². The van der Waals surface area contributed by atoms with Crippen LogP contribution in [0.3, 0.4) is 0 Å². The van der Waals surface area contributed by atoms with E-state index in [1.54, 1.807) is 48.5 Å². The van der Waals surface area contributed by atoms with Crippen molar-refractivity contribution in [2.45, 2.75) is 0 Å². The van der Waals surface area contributed by atoms with Gasteiger partial charge in [-0.15, -0.1) is 0 Å². The van der Waals surface area contributed by atoms with E-state index >= 15 is 0 Å². The van der Waals surface area contributed by atoms with Crippen molar-refractivity contribution in [2.24, 2.45) is 0 Å². The van der Waals surface area contributed by atoms with Crippen molar-refractivity contribution in [1.82, 2.24) is 0 Å². The van der Waals surface area contributed by atoms with Crippen LogP contribution in [0.2, 0.25) is 0 Å². The SMILES string of the molecule is N#CC(=Cc1ccc2c(c1)OCO2)C(=O)OCC(=O)Nc1ccc(Br)cc1. The van der Waals surface area contributed by atoms with Crippen LogP contribution in [0.4, 0.5) is 5.69 Å². The van der Waals surface area contributed by atoms with E-state index in [4.69, 9.17) is 14.2 Å². The van der Waals surface area contributed by atoms with Gasteiger partial charge in [-0.25, -0.2) is 4.79 Å². The van der Waals surface area contributed by atoms with E-state index in [1.807, 2.05) is 0 Å². The largest absolute Gasteiger partial charge is 0.454 e. The van der Waals surface area contributed by atoms with Crippen LogP contribution in [-0.2, 0) is 14.3 Å². The Balaban J connectivity index is 1.59. The predicted octanol–water partition coefficient (Wildman–Crippen LogP) is 3.27. The molecule has 0 aromatic heterocycles. The molecule has 7 nitrogen and oxygen atoms in total. The summed E-state index contributed by atoms with van der Waals surface area (Å²) >= 11 is 3.30. The minimum atomic E-state index is -0.888. The maximum absolute atomic E-state index is 12.1. The van der Waals surface area contributed by atoms with E-state index in [0.29, 0.717) is 22.7 Å². The number of halogens is 1. The summed E-state index contributed by atoms with van der Waals surface area (Å²) in [6, 6.07) is 13.7. The standard InChI is InChI=1S/C19H13BrN2O5/c20-14-2-4-15(5-3-14)22-18(23)10-25-19(24)13(9-21)7-12-1-6-16-17(8-12)27-11-26-16/h1-8H,10-11H2,(H,22,23). The summed E-state index contributed by atoms with van der Waals surface area (Å²) in [5.41, 5.74) is 0.910. The van der Waals surface area contributed by atoms with Gasteiger partial charge in [-0.1, -0.05) is 22.0 Å². The van der Waals surface area contributed by atoms with E-state index in [-0.39, 0.29) is 12.4 Å². The zero-order chi connectivity index (χ0) is 19.2. The van der Waals surface area contributed by atoms with Gasteiger partial charge in [0, 0.05) is 10.2 Å². The Bertz CT molecular complexity index is 948. The number of rotatable bonds is 5. The van der Waals surface area contributed by atoms with Gasteiger partial charge in [0.25, 0.3) is 5.91 Å². The molecule has 0 fully saturated rings. The molecule has 8 heteroatoms. The highest BCUT2D eigenvalue weighted by atomic mass is 79.9. The second kappa shape index (κ2) is 8.38. The predicted molar refractivity (Wildman–Crippen MR) is 99.9 cm³/mol. The number of nitrogens with zero attached hydrogens (tertiary/aromatic N) is 1. The molecule has 1 heterocycles. The molecule has 1 aliphatic heterocycles. The fraction of sp³-hybridized carbons (Fsp3) is 0.105. The first-order valence-corrected chi connectivity index (χ1v) is 8.58. The number of amides is 1. The van der Waals surface area contributed by atoms with Gasteiger partial charge < -0.3 is 19.5 Å². The summed E-state index contributed by atoms with van der Waals surface area (Å²) in [6.07, 6.45) is 1.36. The molecule has 3 rings (SSSR count). The van der Waals surface area contributed by atoms with Crippen LogP contribution in [0.5, 0.6) is 11.5 Å². The van der Waals surface area contributed by atoms with Crippen molar-refractivity contribution >= 4 is 39.6 Å². The number of fused-ring (bicyclic) bond motifs is 1. The summed E-state index contributed by atoms with van der Waals surface area (Å²) in [5.74, 6) is -0.270. The average Bonchev–Trinajstić information content (AvgIpc) is 3.14. The maximum Gasteiger partial charge on any atom is 0.349 e. The molecule has 0 saturated heterocycles. The highest BCUT2D eigenvalue weighted by Crippen LogP contribution is 2.33. The van der Waals surface area contributed by atoms with Crippen molar-refractivity contribution in [3.8, 4) is 17.6 Å². The van der Waals surface area contributed by atoms with Gasteiger partial charge in [0.2, 0.25) is 6.79 Å². The molecule has 2 aromatic rings. The van der Waals surface area contributed by atoms with Crippen LogP contribution in [-0.4, -0.2) is 25.3 Å². The topological polar surface area (TPSA) is 97.7 Å². The lowest BCUT2D eigenvalue weighted by Gasteiger charge is -2.06. The van der Waals surface area contributed by atoms with Crippen LogP contribution < -0.4 is 14.8 Å². The second-order valence-corrected chi connectivity index (χ2v) is 6.33. The number of benzene rings is 2. The summed E-state index contributed by atoms with van der Waals surface area (Å²) < 4.78 is 16.2. The summed E-state index contributed by atoms with van der Waals surface area (Å²) in [6.45, 7) is -0.377. The van der Waals surface area contributed by atoms with Crippen LogP contribution in [0, 0.1) is 11.3 Å². The molecular weight excluding hydrogens is 416 g/mol. The fourth-order valence-electron chi connectivity index (χ4n) is 2.25. The van der Waals surface area contributed by atoms with Gasteiger partial charge in [0.15, 0.2) is 18.1 Å². The van der Waals surface area contributed by atoms with Crippen molar-refractivity contribution in [2.75, 3.05) is 18.7 Å². The fourth-order valence-corrected chi connectivity index (χ4v) is 2.51. The Morgan fingerprint density at radius 2 is 1.93 bits per heavy atom. The molecule has 0 unspecified atom stereocenters. The molecule has 0 atom stereocenters. The molecule has 1 amide bonds. The van der Waals surface area contributed by atoms with Crippen LogP contribution >= 0.6 is 15.9 Å². The first kappa shape index (κ1) is 18.5. The van der Waals surface area contributed by atoms with Gasteiger partial charge >= 0.3 is 5.97 Å². The third-order valence-corrected chi connectivity index (χ3v) is 4.04. The Hall–Kier alpha value is -3.31. The van der Waals surface area contributed by atoms with Gasteiger partial charge in [-0.2, -0.15) is 5.26 Å². The highest BCUT2D eigenvalue weighted by Gasteiger charge is 2.16. The number of anilines is 1.